The number of likely N-dealkylation sites (N-methyl/N-ethyl adjacent to an activating group) is 1. The fourth-order valence-electron chi connectivity index (χ4n) is 1.99. The van der Waals surface area contributed by atoms with Crippen LogP contribution < -0.4 is 0 Å². The molecule has 0 aromatic carbocycles. The third-order valence-corrected chi connectivity index (χ3v) is 3.03. The number of amides is 1. The van der Waals surface area contributed by atoms with Crippen molar-refractivity contribution in [2.45, 2.75) is 31.7 Å². The molecular formula is C11H22N2O2. The number of carbonyl (C=O) groups excluding carboxylic acids is 1. The highest BCUT2D eigenvalue weighted by molar-refractivity contribution is 5.76. The molecule has 1 rings (SSSR count). The van der Waals surface area contributed by atoms with E-state index in [0.717, 1.165) is 19.5 Å². The van der Waals surface area contributed by atoms with Crippen LogP contribution in [0, 0.1) is 0 Å². The van der Waals surface area contributed by atoms with Crippen molar-refractivity contribution in [3.63, 3.8) is 0 Å². The van der Waals surface area contributed by atoms with Crippen molar-refractivity contribution < 1.29 is 9.90 Å². The molecule has 1 saturated heterocycles. The number of aliphatic hydroxyl groups is 1. The molecule has 0 aromatic heterocycles. The Morgan fingerprint density at radius 1 is 1.53 bits per heavy atom. The van der Waals surface area contributed by atoms with E-state index in [2.05, 4.69) is 19.0 Å². The van der Waals surface area contributed by atoms with E-state index in [1.54, 1.807) is 0 Å². The first-order valence-corrected chi connectivity index (χ1v) is 5.70. The fourth-order valence-corrected chi connectivity index (χ4v) is 1.99. The lowest BCUT2D eigenvalue weighted by atomic mass is 10.0. The number of hydrogen-bond acceptors (Lipinski definition) is 3. The van der Waals surface area contributed by atoms with Crippen molar-refractivity contribution in [1.82, 2.24) is 9.80 Å². The average Bonchev–Trinajstić information content (AvgIpc) is 2.26. The second kappa shape index (κ2) is 6.08. The largest absolute Gasteiger partial charge is 0.396 e. The number of nitrogens with zero attached hydrogens (tertiary/aromatic N) is 2. The molecule has 88 valence electrons. The molecule has 1 amide bonds. The van der Waals surface area contributed by atoms with Gasteiger partial charge in [0.15, 0.2) is 0 Å². The van der Waals surface area contributed by atoms with Crippen LogP contribution in [0.1, 0.15) is 25.7 Å². The van der Waals surface area contributed by atoms with Crippen LogP contribution in [-0.4, -0.2) is 60.6 Å². The van der Waals surface area contributed by atoms with Gasteiger partial charge < -0.3 is 14.9 Å². The van der Waals surface area contributed by atoms with Gasteiger partial charge in [0, 0.05) is 32.2 Å². The molecule has 1 aliphatic heterocycles. The van der Waals surface area contributed by atoms with Gasteiger partial charge in [-0.15, -0.1) is 0 Å². The van der Waals surface area contributed by atoms with Crippen LogP contribution in [0.25, 0.3) is 0 Å². The summed E-state index contributed by atoms with van der Waals surface area (Å²) in [6.07, 6.45) is 3.34. The zero-order chi connectivity index (χ0) is 11.3. The van der Waals surface area contributed by atoms with Crippen LogP contribution in [0.2, 0.25) is 0 Å². The summed E-state index contributed by atoms with van der Waals surface area (Å²) in [5.41, 5.74) is 0. The van der Waals surface area contributed by atoms with Crippen molar-refractivity contribution in [3.8, 4) is 0 Å². The lowest BCUT2D eigenvalue weighted by molar-refractivity contribution is -0.133. The molecule has 1 N–H and O–H groups in total. The quantitative estimate of drug-likeness (QED) is 0.732. The molecule has 4 heteroatoms. The van der Waals surface area contributed by atoms with Crippen LogP contribution in [0.15, 0.2) is 0 Å². The van der Waals surface area contributed by atoms with Gasteiger partial charge in [-0.2, -0.15) is 0 Å². The minimum atomic E-state index is 0.108. The molecule has 0 spiro atoms. The van der Waals surface area contributed by atoms with Gasteiger partial charge in [-0.1, -0.05) is 0 Å². The summed E-state index contributed by atoms with van der Waals surface area (Å²) >= 11 is 0. The second-order valence-electron chi connectivity index (χ2n) is 4.43. The zero-order valence-corrected chi connectivity index (χ0v) is 9.78. The Bertz CT molecular complexity index is 207. The van der Waals surface area contributed by atoms with E-state index in [1.165, 1.54) is 6.42 Å². The Hall–Kier alpha value is -0.610. The summed E-state index contributed by atoms with van der Waals surface area (Å²) in [6.45, 7) is 1.84. The van der Waals surface area contributed by atoms with Crippen molar-refractivity contribution in [2.75, 3.05) is 33.8 Å². The minimum Gasteiger partial charge on any atom is -0.396 e. The van der Waals surface area contributed by atoms with Crippen molar-refractivity contribution in [3.05, 3.63) is 0 Å². The van der Waals surface area contributed by atoms with Crippen molar-refractivity contribution >= 4 is 5.91 Å². The number of piperidine rings is 1. The van der Waals surface area contributed by atoms with Gasteiger partial charge in [0.25, 0.3) is 0 Å². The molecular weight excluding hydrogens is 192 g/mol. The van der Waals surface area contributed by atoms with E-state index in [9.17, 15) is 4.79 Å². The van der Waals surface area contributed by atoms with Gasteiger partial charge in [-0.3, -0.25) is 4.79 Å². The van der Waals surface area contributed by atoms with Crippen LogP contribution in [0.4, 0.5) is 0 Å². The number of rotatable bonds is 4. The van der Waals surface area contributed by atoms with Crippen molar-refractivity contribution in [1.29, 1.82) is 0 Å². The summed E-state index contributed by atoms with van der Waals surface area (Å²) in [7, 11) is 4.12. The smallest absolute Gasteiger partial charge is 0.222 e. The summed E-state index contributed by atoms with van der Waals surface area (Å²) < 4.78 is 0. The van der Waals surface area contributed by atoms with Gasteiger partial charge in [-0.25, -0.2) is 0 Å². The number of aliphatic hydroxyl groups excluding tert-OH is 1. The lowest BCUT2D eigenvalue weighted by Crippen LogP contribution is -2.47. The number of carbonyl (C=O) groups is 1. The Morgan fingerprint density at radius 2 is 2.27 bits per heavy atom. The average molecular weight is 214 g/mol. The number of hydrogen-bond donors (Lipinski definition) is 1. The molecule has 1 aliphatic rings. The van der Waals surface area contributed by atoms with Gasteiger partial charge in [0.1, 0.15) is 0 Å². The van der Waals surface area contributed by atoms with Crippen molar-refractivity contribution in [2.24, 2.45) is 0 Å². The summed E-state index contributed by atoms with van der Waals surface area (Å²) in [6, 6.07) is 0.497. The highest BCUT2D eigenvalue weighted by atomic mass is 16.3. The van der Waals surface area contributed by atoms with E-state index in [0.29, 0.717) is 18.9 Å². The molecule has 1 atom stereocenters. The molecule has 1 heterocycles. The van der Waals surface area contributed by atoms with Gasteiger partial charge in [0.05, 0.1) is 0 Å². The first-order valence-electron chi connectivity index (χ1n) is 5.70. The molecule has 4 nitrogen and oxygen atoms in total. The predicted molar refractivity (Wildman–Crippen MR) is 59.6 cm³/mol. The zero-order valence-electron chi connectivity index (χ0n) is 9.78. The number of likely N-dealkylation sites (tertiary alicyclic amines) is 1. The Labute approximate surface area is 91.9 Å². The van der Waals surface area contributed by atoms with E-state index < -0.39 is 0 Å². The molecule has 1 fully saturated rings. The summed E-state index contributed by atoms with van der Waals surface area (Å²) in [5, 5.41) is 8.67. The molecule has 15 heavy (non-hydrogen) atoms. The van der Waals surface area contributed by atoms with Crippen LogP contribution in [0.3, 0.4) is 0 Å². The first-order chi connectivity index (χ1) is 7.15. The lowest BCUT2D eigenvalue weighted by Gasteiger charge is -2.36. The molecule has 1 unspecified atom stereocenters. The highest BCUT2D eigenvalue weighted by Gasteiger charge is 2.24. The summed E-state index contributed by atoms with van der Waals surface area (Å²) in [4.78, 5) is 15.8. The van der Waals surface area contributed by atoms with E-state index >= 15 is 0 Å². The topological polar surface area (TPSA) is 43.8 Å². The highest BCUT2D eigenvalue weighted by Crippen LogP contribution is 2.14. The Balaban J connectivity index is 2.38. The second-order valence-corrected chi connectivity index (χ2v) is 4.43. The third-order valence-electron chi connectivity index (χ3n) is 3.03. The molecule has 0 radical (unpaired) electrons. The maximum absolute atomic E-state index is 11.7. The monoisotopic (exact) mass is 214 g/mol. The van der Waals surface area contributed by atoms with E-state index in [1.807, 2.05) is 4.90 Å². The third kappa shape index (κ3) is 3.80. The minimum absolute atomic E-state index is 0.108. The van der Waals surface area contributed by atoms with Gasteiger partial charge in [-0.05, 0) is 33.4 Å². The van der Waals surface area contributed by atoms with Crippen LogP contribution in [-0.2, 0) is 4.79 Å². The fraction of sp³-hybridized carbons (Fsp3) is 0.909. The SMILES string of the molecule is CN(C)C1CCCN(C(=O)CCCO)C1. The summed E-state index contributed by atoms with van der Waals surface area (Å²) in [5.74, 6) is 0.190. The van der Waals surface area contributed by atoms with E-state index in [4.69, 9.17) is 5.11 Å². The molecule has 0 aliphatic carbocycles. The van der Waals surface area contributed by atoms with Crippen LogP contribution in [0.5, 0.6) is 0 Å². The van der Waals surface area contributed by atoms with Gasteiger partial charge in [0.2, 0.25) is 5.91 Å². The Kier molecular flexibility index (Phi) is 5.05. The maximum Gasteiger partial charge on any atom is 0.222 e. The Morgan fingerprint density at radius 3 is 2.87 bits per heavy atom. The van der Waals surface area contributed by atoms with E-state index in [-0.39, 0.29) is 12.5 Å². The van der Waals surface area contributed by atoms with Crippen LogP contribution >= 0.6 is 0 Å². The standard InChI is InChI=1S/C11H22N2O2/c1-12(2)10-5-3-7-13(9-10)11(15)6-4-8-14/h10,14H,3-9H2,1-2H3. The predicted octanol–water partition coefficient (Wildman–Crippen LogP) is 0.311. The normalized spacial score (nSPS) is 22.1. The van der Waals surface area contributed by atoms with Gasteiger partial charge >= 0.3 is 0 Å². The molecule has 0 aromatic rings. The maximum atomic E-state index is 11.7. The molecule has 0 bridgehead atoms. The first kappa shape index (κ1) is 12.5. The molecule has 0 saturated carbocycles.